The molecule has 1 aliphatic heterocycles. The number of hydrogen-bond acceptors (Lipinski definition) is 1. The molecule has 2 rings (SSSR count). The van der Waals surface area contributed by atoms with Gasteiger partial charge in [0.25, 0.3) is 5.91 Å². The van der Waals surface area contributed by atoms with E-state index in [4.69, 9.17) is 0 Å². The fraction of sp³-hybridized carbons (Fsp3) is 0.125. The van der Waals surface area contributed by atoms with E-state index >= 15 is 0 Å². The number of carbonyl (C=O) groups excluding carboxylic acids is 1. The summed E-state index contributed by atoms with van der Waals surface area (Å²) in [5.41, 5.74) is 0.355. The molecule has 0 atom stereocenters. The predicted molar refractivity (Wildman–Crippen MR) is 37.5 cm³/mol. The van der Waals surface area contributed by atoms with Crippen molar-refractivity contribution in [2.24, 2.45) is 0 Å². The minimum absolute atomic E-state index is 0.157. The molecular weight excluding hydrogens is 164 g/mol. The molecular formula is C8H5F2NO. The standard InChI is InChI=1S/C8H5F2NO/c9-5-2-1-4-3-11-8(12)6(4)7(5)10/h1-2H,3H2,(H,11,12). The van der Waals surface area contributed by atoms with Gasteiger partial charge < -0.3 is 5.32 Å². The first-order chi connectivity index (χ1) is 5.70. The molecule has 1 aromatic carbocycles. The van der Waals surface area contributed by atoms with E-state index < -0.39 is 17.5 Å². The number of fused-ring (bicyclic) bond motifs is 1. The number of rotatable bonds is 0. The van der Waals surface area contributed by atoms with Gasteiger partial charge in [0.05, 0.1) is 5.56 Å². The molecule has 0 unspecified atom stereocenters. The van der Waals surface area contributed by atoms with Crippen molar-refractivity contribution in [2.75, 3.05) is 0 Å². The first-order valence-corrected chi connectivity index (χ1v) is 3.45. The van der Waals surface area contributed by atoms with Crippen molar-refractivity contribution >= 4 is 5.91 Å². The molecule has 0 bridgehead atoms. The maximum Gasteiger partial charge on any atom is 0.254 e. The first-order valence-electron chi connectivity index (χ1n) is 3.45. The molecule has 4 heteroatoms. The number of amides is 1. The van der Waals surface area contributed by atoms with Crippen molar-refractivity contribution in [3.8, 4) is 0 Å². The fourth-order valence-electron chi connectivity index (χ4n) is 1.25. The van der Waals surface area contributed by atoms with Crippen LogP contribution in [0, 0.1) is 11.6 Å². The topological polar surface area (TPSA) is 29.1 Å². The quantitative estimate of drug-likeness (QED) is 0.621. The first kappa shape index (κ1) is 7.21. The summed E-state index contributed by atoms with van der Waals surface area (Å²) < 4.78 is 25.5. The molecule has 12 heavy (non-hydrogen) atoms. The second-order valence-electron chi connectivity index (χ2n) is 2.58. The monoisotopic (exact) mass is 169 g/mol. The van der Waals surface area contributed by atoms with Crippen molar-refractivity contribution in [1.82, 2.24) is 5.32 Å². The SMILES string of the molecule is O=C1NCc2ccc(F)c(F)c21. The smallest absolute Gasteiger partial charge is 0.254 e. The average Bonchev–Trinajstić information content (AvgIpc) is 2.41. The summed E-state index contributed by atoms with van der Waals surface area (Å²) in [5.74, 6) is -2.57. The van der Waals surface area contributed by atoms with E-state index in [1.165, 1.54) is 6.07 Å². The third-order valence-electron chi connectivity index (χ3n) is 1.85. The Morgan fingerprint density at radius 2 is 2.08 bits per heavy atom. The van der Waals surface area contributed by atoms with Crippen LogP contribution in [-0.2, 0) is 6.54 Å². The van der Waals surface area contributed by atoms with Gasteiger partial charge in [0.1, 0.15) is 0 Å². The van der Waals surface area contributed by atoms with Crippen LogP contribution in [0.3, 0.4) is 0 Å². The lowest BCUT2D eigenvalue weighted by atomic mass is 10.1. The molecule has 0 saturated carbocycles. The van der Waals surface area contributed by atoms with Crippen molar-refractivity contribution < 1.29 is 13.6 Å². The van der Waals surface area contributed by atoms with Gasteiger partial charge >= 0.3 is 0 Å². The zero-order valence-corrected chi connectivity index (χ0v) is 6.03. The van der Waals surface area contributed by atoms with Crippen molar-refractivity contribution in [2.45, 2.75) is 6.54 Å². The highest BCUT2D eigenvalue weighted by atomic mass is 19.2. The van der Waals surface area contributed by atoms with Crippen LogP contribution in [0.25, 0.3) is 0 Å². The van der Waals surface area contributed by atoms with Gasteiger partial charge in [-0.05, 0) is 11.6 Å². The summed E-state index contributed by atoms with van der Waals surface area (Å²) in [6.45, 7) is 0.283. The lowest BCUT2D eigenvalue weighted by molar-refractivity contribution is 0.0961. The molecule has 0 saturated heterocycles. The largest absolute Gasteiger partial charge is 0.348 e. The second kappa shape index (κ2) is 2.27. The number of hydrogen-bond donors (Lipinski definition) is 1. The van der Waals surface area contributed by atoms with Crippen LogP contribution in [0.5, 0.6) is 0 Å². The van der Waals surface area contributed by atoms with Gasteiger partial charge in [0.15, 0.2) is 11.6 Å². The summed E-state index contributed by atoms with van der Waals surface area (Å²) in [6.07, 6.45) is 0. The average molecular weight is 169 g/mol. The maximum absolute atomic E-state index is 12.9. The fourth-order valence-corrected chi connectivity index (χ4v) is 1.25. The summed E-state index contributed by atoms with van der Waals surface area (Å²) in [6, 6.07) is 2.43. The number of carbonyl (C=O) groups is 1. The highest BCUT2D eigenvalue weighted by Gasteiger charge is 2.24. The molecule has 1 aliphatic rings. The van der Waals surface area contributed by atoms with Crippen molar-refractivity contribution in [3.63, 3.8) is 0 Å². The molecule has 0 aromatic heterocycles. The zero-order chi connectivity index (χ0) is 8.72. The van der Waals surface area contributed by atoms with Crippen molar-refractivity contribution in [3.05, 3.63) is 34.9 Å². The minimum atomic E-state index is -1.05. The Labute approximate surface area is 67.2 Å². The maximum atomic E-state index is 12.9. The Kier molecular flexibility index (Phi) is 1.36. The number of nitrogens with one attached hydrogen (secondary N) is 1. The van der Waals surface area contributed by atoms with Gasteiger partial charge in [-0.3, -0.25) is 4.79 Å². The molecule has 62 valence electrons. The van der Waals surface area contributed by atoms with E-state index in [2.05, 4.69) is 5.32 Å². The summed E-state index contributed by atoms with van der Waals surface area (Å²) in [7, 11) is 0. The molecule has 0 radical (unpaired) electrons. The third kappa shape index (κ3) is 0.809. The summed E-state index contributed by atoms with van der Waals surface area (Å²) in [4.78, 5) is 10.9. The van der Waals surface area contributed by atoms with Crippen LogP contribution in [0.15, 0.2) is 12.1 Å². The van der Waals surface area contributed by atoms with Crippen molar-refractivity contribution in [1.29, 1.82) is 0 Å². The van der Waals surface area contributed by atoms with E-state index in [0.29, 0.717) is 5.56 Å². The van der Waals surface area contributed by atoms with E-state index in [0.717, 1.165) is 6.07 Å². The molecule has 2 nitrogen and oxygen atoms in total. The number of benzene rings is 1. The normalized spacial score (nSPS) is 14.3. The van der Waals surface area contributed by atoms with E-state index in [9.17, 15) is 13.6 Å². The van der Waals surface area contributed by atoms with E-state index in [1.807, 2.05) is 0 Å². The molecule has 1 amide bonds. The molecule has 1 heterocycles. The molecule has 1 aromatic rings. The molecule has 1 N–H and O–H groups in total. The Balaban J connectivity index is 2.71. The van der Waals surface area contributed by atoms with E-state index in [1.54, 1.807) is 0 Å². The Morgan fingerprint density at radius 1 is 1.33 bits per heavy atom. The Morgan fingerprint density at radius 3 is 2.83 bits per heavy atom. The minimum Gasteiger partial charge on any atom is -0.348 e. The summed E-state index contributed by atoms with van der Waals surface area (Å²) in [5, 5.41) is 2.41. The molecule has 0 aliphatic carbocycles. The Bertz CT molecular complexity index is 362. The van der Waals surface area contributed by atoms with Gasteiger partial charge in [-0.15, -0.1) is 0 Å². The zero-order valence-electron chi connectivity index (χ0n) is 6.03. The predicted octanol–water partition coefficient (Wildman–Crippen LogP) is 1.21. The van der Waals surface area contributed by atoms with Gasteiger partial charge in [0.2, 0.25) is 0 Å². The van der Waals surface area contributed by atoms with Crippen LogP contribution < -0.4 is 5.32 Å². The van der Waals surface area contributed by atoms with Crippen LogP contribution in [0.2, 0.25) is 0 Å². The molecule has 0 fully saturated rings. The van der Waals surface area contributed by atoms with Gasteiger partial charge in [-0.1, -0.05) is 6.07 Å². The molecule has 0 spiro atoms. The highest BCUT2D eigenvalue weighted by molar-refractivity contribution is 5.98. The van der Waals surface area contributed by atoms with Crippen LogP contribution in [0.1, 0.15) is 15.9 Å². The Hall–Kier alpha value is -1.45. The lowest BCUT2D eigenvalue weighted by Gasteiger charge is -1.97. The van der Waals surface area contributed by atoms with Crippen LogP contribution >= 0.6 is 0 Å². The third-order valence-corrected chi connectivity index (χ3v) is 1.85. The number of halogens is 2. The van der Waals surface area contributed by atoms with Gasteiger partial charge in [-0.25, -0.2) is 8.78 Å². The van der Waals surface area contributed by atoms with E-state index in [-0.39, 0.29) is 12.1 Å². The lowest BCUT2D eigenvalue weighted by Crippen LogP contribution is -2.13. The van der Waals surface area contributed by atoms with Gasteiger partial charge in [-0.2, -0.15) is 0 Å². The highest BCUT2D eigenvalue weighted by Crippen LogP contribution is 2.20. The second-order valence-corrected chi connectivity index (χ2v) is 2.58. The van der Waals surface area contributed by atoms with Crippen LogP contribution in [0.4, 0.5) is 8.78 Å². The summed E-state index contributed by atoms with van der Waals surface area (Å²) >= 11 is 0. The van der Waals surface area contributed by atoms with Gasteiger partial charge in [0, 0.05) is 6.54 Å². The van der Waals surface area contributed by atoms with Crippen LogP contribution in [-0.4, -0.2) is 5.91 Å².